The monoisotopic (exact) mass is 319 g/mol. The number of hydrogen-bond acceptors (Lipinski definition) is 4. The van der Waals surface area contributed by atoms with Gasteiger partial charge in [-0.1, -0.05) is 26.0 Å². The Hall–Kier alpha value is -1.82. The zero-order valence-electron chi connectivity index (χ0n) is 13.0. The van der Waals surface area contributed by atoms with E-state index in [4.69, 9.17) is 0 Å². The Labute approximate surface area is 136 Å². The zero-order chi connectivity index (χ0) is 16.3. The minimum Gasteiger partial charge on any atom is -0.325 e. The van der Waals surface area contributed by atoms with Gasteiger partial charge in [0, 0.05) is 18.0 Å². The topological polar surface area (TPSA) is 70.6 Å². The fraction of sp³-hybridized carbons (Fsp3) is 0.438. The van der Waals surface area contributed by atoms with E-state index in [9.17, 15) is 9.59 Å². The number of anilines is 1. The van der Waals surface area contributed by atoms with Crippen LogP contribution in [0.1, 0.15) is 39.2 Å². The predicted molar refractivity (Wildman–Crippen MR) is 91.2 cm³/mol. The molecule has 6 heteroatoms. The first-order valence-corrected chi connectivity index (χ1v) is 7.79. The van der Waals surface area contributed by atoms with E-state index in [1.807, 2.05) is 38.1 Å². The molecule has 0 fully saturated rings. The number of benzene rings is 1. The molecular weight excluding hydrogens is 298 g/mol. The van der Waals surface area contributed by atoms with Crippen molar-refractivity contribution in [3.63, 3.8) is 0 Å². The Bertz CT molecular complexity index is 608. The smallest absolute Gasteiger partial charge is 0.240 e. The summed E-state index contributed by atoms with van der Waals surface area (Å²) in [6.45, 7) is 5.69. The molecule has 1 aliphatic rings. The third-order valence-corrected chi connectivity index (χ3v) is 4.39. The van der Waals surface area contributed by atoms with Gasteiger partial charge in [-0.05, 0) is 31.0 Å². The van der Waals surface area contributed by atoms with E-state index in [0.717, 1.165) is 17.0 Å². The van der Waals surface area contributed by atoms with Crippen LogP contribution >= 0.6 is 12.6 Å². The van der Waals surface area contributed by atoms with Gasteiger partial charge in [0.1, 0.15) is 0 Å². The highest BCUT2D eigenvalue weighted by molar-refractivity contribution is 7.82. The predicted octanol–water partition coefficient (Wildman–Crippen LogP) is 2.58. The maximum atomic E-state index is 12.1. The maximum Gasteiger partial charge on any atom is 0.240 e. The van der Waals surface area contributed by atoms with Crippen LogP contribution in [0.4, 0.5) is 5.69 Å². The molecule has 5 nitrogen and oxygen atoms in total. The largest absolute Gasteiger partial charge is 0.325 e. The third-order valence-electron chi connectivity index (χ3n) is 3.88. The minimum atomic E-state index is -0.690. The highest BCUT2D eigenvalue weighted by Crippen LogP contribution is 2.22. The highest BCUT2D eigenvalue weighted by Gasteiger charge is 2.26. The molecule has 0 bridgehead atoms. The van der Waals surface area contributed by atoms with Gasteiger partial charge >= 0.3 is 0 Å². The van der Waals surface area contributed by atoms with Gasteiger partial charge in [-0.2, -0.15) is 17.7 Å². The first-order chi connectivity index (χ1) is 10.3. The van der Waals surface area contributed by atoms with Gasteiger partial charge in [0.15, 0.2) is 0 Å². The second-order valence-corrected chi connectivity index (χ2v) is 6.78. The summed E-state index contributed by atoms with van der Waals surface area (Å²) in [5.41, 5.74) is 5.01. The van der Waals surface area contributed by atoms with Crippen LogP contribution in [-0.2, 0) is 9.59 Å². The Morgan fingerprint density at radius 1 is 1.45 bits per heavy atom. The first-order valence-electron chi connectivity index (χ1n) is 7.34. The van der Waals surface area contributed by atoms with Gasteiger partial charge < -0.3 is 5.32 Å². The Morgan fingerprint density at radius 2 is 2.09 bits per heavy atom. The van der Waals surface area contributed by atoms with Gasteiger partial charge in [-0.25, -0.2) is 5.43 Å². The van der Waals surface area contributed by atoms with E-state index >= 15 is 0 Å². The van der Waals surface area contributed by atoms with Crippen molar-refractivity contribution in [2.24, 2.45) is 11.0 Å². The van der Waals surface area contributed by atoms with E-state index in [-0.39, 0.29) is 17.7 Å². The second-order valence-electron chi connectivity index (χ2n) is 5.80. The lowest BCUT2D eigenvalue weighted by molar-refractivity contribution is -0.122. The van der Waals surface area contributed by atoms with Crippen molar-refractivity contribution < 1.29 is 9.59 Å². The van der Waals surface area contributed by atoms with E-state index in [1.165, 1.54) is 0 Å². The molecule has 2 N–H and O–H groups in total. The van der Waals surface area contributed by atoms with Crippen molar-refractivity contribution >= 4 is 35.8 Å². The quantitative estimate of drug-likeness (QED) is 0.747. The molecule has 2 unspecified atom stereocenters. The molecule has 22 heavy (non-hydrogen) atoms. The molecule has 0 aromatic heterocycles. The van der Waals surface area contributed by atoms with Gasteiger partial charge in [0.05, 0.1) is 10.5 Å². The third kappa shape index (κ3) is 3.68. The van der Waals surface area contributed by atoms with Gasteiger partial charge in [-0.3, -0.25) is 9.59 Å². The standard InChI is InChI=1S/C16H21N3O2S/c1-4-16(3,22)15(21)17-12-7-5-11(6-8-12)14-10(2)9-13(20)18-19-14/h5-8,10,22H,4,9H2,1-3H3,(H,17,21)(H,18,20). The molecule has 2 amide bonds. The molecule has 0 spiro atoms. The molecule has 0 radical (unpaired) electrons. The van der Waals surface area contributed by atoms with E-state index in [0.29, 0.717) is 12.8 Å². The second kappa shape index (κ2) is 6.52. The van der Waals surface area contributed by atoms with E-state index in [2.05, 4.69) is 28.5 Å². The summed E-state index contributed by atoms with van der Waals surface area (Å²) in [6.07, 6.45) is 1.08. The van der Waals surface area contributed by atoms with Crippen LogP contribution < -0.4 is 10.7 Å². The number of thiol groups is 1. The minimum absolute atomic E-state index is 0.0623. The molecule has 1 aromatic carbocycles. The summed E-state index contributed by atoms with van der Waals surface area (Å²) >= 11 is 4.36. The number of rotatable bonds is 4. The van der Waals surface area contributed by atoms with Crippen molar-refractivity contribution in [3.8, 4) is 0 Å². The first kappa shape index (κ1) is 16.5. The summed E-state index contributed by atoms with van der Waals surface area (Å²) in [7, 11) is 0. The Kier molecular flexibility index (Phi) is 4.90. The molecular formula is C16H21N3O2S. The lowest BCUT2D eigenvalue weighted by Gasteiger charge is -2.21. The van der Waals surface area contributed by atoms with E-state index < -0.39 is 4.75 Å². The summed E-state index contributed by atoms with van der Waals surface area (Å²) < 4.78 is -0.690. The fourth-order valence-corrected chi connectivity index (χ4v) is 2.21. The SMILES string of the molecule is CCC(C)(S)C(=O)Nc1ccc(C2=NNC(=O)CC2C)cc1. The molecule has 0 saturated carbocycles. The fourth-order valence-electron chi connectivity index (χ4n) is 2.15. The number of carbonyl (C=O) groups excluding carboxylic acids is 2. The van der Waals surface area contributed by atoms with Crippen molar-refractivity contribution in [3.05, 3.63) is 29.8 Å². The lowest BCUT2D eigenvalue weighted by atomic mass is 9.94. The number of amides is 2. The van der Waals surface area contributed by atoms with Gasteiger partial charge in [0.25, 0.3) is 0 Å². The Morgan fingerprint density at radius 3 is 2.64 bits per heavy atom. The van der Waals surface area contributed by atoms with Crippen molar-refractivity contribution in [1.29, 1.82) is 0 Å². The van der Waals surface area contributed by atoms with Crippen LogP contribution in [0.25, 0.3) is 0 Å². The summed E-state index contributed by atoms with van der Waals surface area (Å²) in [6, 6.07) is 7.45. The Balaban J connectivity index is 2.11. The highest BCUT2D eigenvalue weighted by atomic mass is 32.1. The molecule has 2 rings (SSSR count). The number of carbonyl (C=O) groups is 2. The van der Waals surface area contributed by atoms with Gasteiger partial charge in [-0.15, -0.1) is 0 Å². The summed E-state index contributed by atoms with van der Waals surface area (Å²) in [5, 5.41) is 6.98. The van der Waals surface area contributed by atoms with Crippen LogP contribution in [-0.4, -0.2) is 22.3 Å². The molecule has 1 heterocycles. The molecule has 118 valence electrons. The average Bonchev–Trinajstić information content (AvgIpc) is 2.48. The van der Waals surface area contributed by atoms with Gasteiger partial charge in [0.2, 0.25) is 11.8 Å². The van der Waals surface area contributed by atoms with Crippen molar-refractivity contribution in [1.82, 2.24) is 5.43 Å². The maximum absolute atomic E-state index is 12.1. The number of nitrogens with zero attached hydrogens (tertiary/aromatic N) is 1. The normalized spacial score (nSPS) is 20.6. The molecule has 0 aliphatic carbocycles. The average molecular weight is 319 g/mol. The number of nitrogens with one attached hydrogen (secondary N) is 2. The molecule has 1 aromatic rings. The van der Waals surface area contributed by atoms with Crippen LogP contribution in [0.2, 0.25) is 0 Å². The summed E-state index contributed by atoms with van der Waals surface area (Å²) in [4.78, 5) is 23.4. The van der Waals surface area contributed by atoms with Crippen LogP contribution in [0.3, 0.4) is 0 Å². The molecule has 0 saturated heterocycles. The van der Waals surface area contributed by atoms with Crippen LogP contribution in [0, 0.1) is 5.92 Å². The van der Waals surface area contributed by atoms with Crippen LogP contribution in [0.5, 0.6) is 0 Å². The van der Waals surface area contributed by atoms with Crippen molar-refractivity contribution in [2.45, 2.75) is 38.4 Å². The van der Waals surface area contributed by atoms with E-state index in [1.54, 1.807) is 6.92 Å². The molecule has 1 aliphatic heterocycles. The number of hydrogen-bond donors (Lipinski definition) is 3. The number of hydrazone groups is 1. The van der Waals surface area contributed by atoms with Crippen LogP contribution in [0.15, 0.2) is 29.4 Å². The zero-order valence-corrected chi connectivity index (χ0v) is 13.9. The molecule has 2 atom stereocenters. The van der Waals surface area contributed by atoms with Crippen molar-refractivity contribution in [2.75, 3.05) is 5.32 Å². The lowest BCUT2D eigenvalue weighted by Crippen LogP contribution is -2.34. The summed E-state index contributed by atoms with van der Waals surface area (Å²) in [5.74, 6) is -0.107.